The Kier molecular flexibility index (Phi) is 8.41. The van der Waals surface area contributed by atoms with Crippen LogP contribution in [0.25, 0.3) is 6.08 Å². The SMILES string of the molecule is COc1cc(/C=C2\SC(=O)N(CCOc3cc(C)ccc3C(C)C)C2=O)cc(Br)c1OC(=O)C12CC3CC(CC(C3)C1)C2. The number of nitrogens with zero attached hydrogens (tertiary/aromatic N) is 1. The lowest BCUT2D eigenvalue weighted by molar-refractivity contribution is -0.161. The summed E-state index contributed by atoms with van der Waals surface area (Å²) in [4.78, 5) is 41.1. The Morgan fingerprint density at radius 2 is 1.74 bits per heavy atom. The minimum Gasteiger partial charge on any atom is -0.493 e. The number of rotatable bonds is 9. The zero-order valence-corrected chi connectivity index (χ0v) is 27.5. The lowest BCUT2D eigenvalue weighted by Crippen LogP contribution is -2.51. The predicted octanol–water partition coefficient (Wildman–Crippen LogP) is 8.13. The molecule has 0 spiro atoms. The van der Waals surface area contributed by atoms with E-state index in [1.165, 1.54) is 31.3 Å². The Hall–Kier alpha value is -2.78. The van der Waals surface area contributed by atoms with Gasteiger partial charge in [0.2, 0.25) is 0 Å². The van der Waals surface area contributed by atoms with Crippen LogP contribution in [-0.4, -0.2) is 42.3 Å². The zero-order chi connectivity index (χ0) is 30.5. The highest BCUT2D eigenvalue weighted by molar-refractivity contribution is 9.10. The summed E-state index contributed by atoms with van der Waals surface area (Å²) in [5.74, 6) is 3.19. The van der Waals surface area contributed by atoms with Gasteiger partial charge in [-0.1, -0.05) is 26.0 Å². The molecule has 1 saturated heterocycles. The van der Waals surface area contributed by atoms with E-state index in [0.29, 0.717) is 50.1 Å². The smallest absolute Gasteiger partial charge is 0.317 e. The van der Waals surface area contributed by atoms with Crippen LogP contribution in [0.1, 0.15) is 75.0 Å². The minimum atomic E-state index is -0.393. The van der Waals surface area contributed by atoms with Crippen molar-refractivity contribution in [1.82, 2.24) is 4.90 Å². The fourth-order valence-electron chi connectivity index (χ4n) is 7.82. The van der Waals surface area contributed by atoms with Crippen LogP contribution in [0.4, 0.5) is 4.79 Å². The van der Waals surface area contributed by atoms with Crippen molar-refractivity contribution in [3.05, 3.63) is 56.4 Å². The van der Waals surface area contributed by atoms with Gasteiger partial charge in [-0.3, -0.25) is 19.3 Å². The maximum absolute atomic E-state index is 13.6. The van der Waals surface area contributed by atoms with E-state index in [1.807, 2.05) is 13.0 Å². The second-order valence-electron chi connectivity index (χ2n) is 13.0. The largest absolute Gasteiger partial charge is 0.493 e. The molecular weight excluding hydrogens is 630 g/mol. The van der Waals surface area contributed by atoms with E-state index >= 15 is 0 Å². The van der Waals surface area contributed by atoms with Crippen LogP contribution in [0.15, 0.2) is 39.7 Å². The van der Waals surface area contributed by atoms with Crippen molar-refractivity contribution < 1.29 is 28.6 Å². The Morgan fingerprint density at radius 3 is 2.37 bits per heavy atom. The van der Waals surface area contributed by atoms with Crippen molar-refractivity contribution in [1.29, 1.82) is 0 Å². The third kappa shape index (κ3) is 5.99. The molecule has 2 aromatic rings. The van der Waals surface area contributed by atoms with Crippen LogP contribution >= 0.6 is 27.7 Å². The second kappa shape index (κ2) is 12.0. The molecule has 4 saturated carbocycles. The number of hydrogen-bond donors (Lipinski definition) is 0. The molecule has 4 aliphatic carbocycles. The van der Waals surface area contributed by atoms with E-state index in [1.54, 1.807) is 18.2 Å². The number of carbonyl (C=O) groups is 3. The highest BCUT2D eigenvalue weighted by atomic mass is 79.9. The Bertz CT molecular complexity index is 1460. The quantitative estimate of drug-likeness (QED) is 0.152. The molecule has 5 fully saturated rings. The van der Waals surface area contributed by atoms with Crippen LogP contribution in [0, 0.1) is 30.1 Å². The number of halogens is 1. The van der Waals surface area contributed by atoms with Gasteiger partial charge in [0.15, 0.2) is 11.5 Å². The van der Waals surface area contributed by atoms with Gasteiger partial charge >= 0.3 is 5.97 Å². The number of amides is 2. The van der Waals surface area contributed by atoms with Crippen LogP contribution in [0.2, 0.25) is 0 Å². The lowest BCUT2D eigenvalue weighted by Gasteiger charge is -2.55. The van der Waals surface area contributed by atoms with Gasteiger partial charge in [-0.15, -0.1) is 0 Å². The predicted molar refractivity (Wildman–Crippen MR) is 170 cm³/mol. The summed E-state index contributed by atoms with van der Waals surface area (Å²) in [5.41, 5.74) is 2.44. The molecule has 43 heavy (non-hydrogen) atoms. The van der Waals surface area contributed by atoms with Crippen molar-refractivity contribution in [3.8, 4) is 17.2 Å². The monoisotopic (exact) mass is 667 g/mol. The number of aryl methyl sites for hydroxylation is 1. The first-order valence-electron chi connectivity index (χ1n) is 15.1. The highest BCUT2D eigenvalue weighted by Crippen LogP contribution is 2.60. The van der Waals surface area contributed by atoms with E-state index in [9.17, 15) is 14.4 Å². The molecule has 2 amide bonds. The number of benzene rings is 2. The van der Waals surface area contributed by atoms with Gasteiger partial charge in [0.25, 0.3) is 11.1 Å². The molecule has 0 aromatic heterocycles. The Morgan fingerprint density at radius 1 is 1.07 bits per heavy atom. The van der Waals surface area contributed by atoms with Crippen molar-refractivity contribution in [2.45, 2.75) is 65.2 Å². The van der Waals surface area contributed by atoms with Crippen LogP contribution < -0.4 is 14.2 Å². The molecule has 0 atom stereocenters. The minimum absolute atomic E-state index is 0.152. The molecule has 1 heterocycles. The molecular formula is C34H38BrNO6S. The van der Waals surface area contributed by atoms with E-state index in [-0.39, 0.29) is 30.3 Å². The molecule has 0 N–H and O–H groups in total. The van der Waals surface area contributed by atoms with Crippen molar-refractivity contribution >= 4 is 50.9 Å². The average molecular weight is 669 g/mol. The molecule has 1 aliphatic heterocycles. The summed E-state index contributed by atoms with van der Waals surface area (Å²) < 4.78 is 18.3. The van der Waals surface area contributed by atoms with Crippen molar-refractivity contribution in [2.24, 2.45) is 23.2 Å². The molecule has 4 bridgehead atoms. The normalized spacial score (nSPS) is 27.0. The van der Waals surface area contributed by atoms with Gasteiger partial charge in [0, 0.05) is 0 Å². The molecule has 9 heteroatoms. The molecule has 5 aliphatic rings. The summed E-state index contributed by atoms with van der Waals surface area (Å²) in [6, 6.07) is 9.61. The molecule has 7 nitrogen and oxygen atoms in total. The first-order valence-corrected chi connectivity index (χ1v) is 16.7. The number of carbonyl (C=O) groups excluding carboxylic acids is 3. The number of imide groups is 1. The maximum atomic E-state index is 13.6. The first kappa shape index (κ1) is 30.3. The van der Waals surface area contributed by atoms with E-state index in [2.05, 4.69) is 41.9 Å². The van der Waals surface area contributed by atoms with E-state index in [4.69, 9.17) is 14.2 Å². The van der Waals surface area contributed by atoms with Crippen LogP contribution in [0.3, 0.4) is 0 Å². The molecule has 7 rings (SSSR count). The summed E-state index contributed by atoms with van der Waals surface area (Å²) in [7, 11) is 1.53. The summed E-state index contributed by atoms with van der Waals surface area (Å²) in [6.07, 6.45) is 8.17. The fourth-order valence-corrected chi connectivity index (χ4v) is 9.22. The zero-order valence-electron chi connectivity index (χ0n) is 25.1. The number of thioether (sulfide) groups is 1. The highest BCUT2D eigenvalue weighted by Gasteiger charge is 2.55. The van der Waals surface area contributed by atoms with Gasteiger partial charge in [0.05, 0.1) is 28.4 Å². The molecule has 228 valence electrons. The fraction of sp³-hybridized carbons (Fsp3) is 0.500. The van der Waals surface area contributed by atoms with Gasteiger partial charge in [0.1, 0.15) is 12.4 Å². The second-order valence-corrected chi connectivity index (χ2v) is 14.8. The maximum Gasteiger partial charge on any atom is 0.317 e. The Balaban J connectivity index is 1.14. The summed E-state index contributed by atoms with van der Waals surface area (Å²) >= 11 is 4.47. The number of hydrogen-bond acceptors (Lipinski definition) is 7. The van der Waals surface area contributed by atoms with Gasteiger partial charge in [-0.05, 0) is 138 Å². The molecule has 0 unspecified atom stereocenters. The van der Waals surface area contributed by atoms with Gasteiger partial charge < -0.3 is 14.2 Å². The molecule has 2 aromatic carbocycles. The third-order valence-corrected chi connectivity index (χ3v) is 10.9. The topological polar surface area (TPSA) is 82.1 Å². The number of ether oxygens (including phenoxy) is 3. The number of esters is 1. The van der Waals surface area contributed by atoms with Crippen molar-refractivity contribution in [3.63, 3.8) is 0 Å². The Labute approximate surface area is 265 Å². The third-order valence-electron chi connectivity index (χ3n) is 9.45. The first-order chi connectivity index (χ1) is 20.5. The summed E-state index contributed by atoms with van der Waals surface area (Å²) in [5, 5.41) is -0.333. The standard InChI is InChI=1S/C34H38BrNO6S/c1-19(2)25-6-5-20(3)9-27(25)41-8-7-36-31(37)29(43-33(36)39)15-21-13-26(35)30(28(14-21)40-4)42-32(38)34-16-22-10-23(17-34)12-24(11-22)18-34/h5-6,9,13-15,19,22-24H,7-8,10-12,16-18H2,1-4H3/b29-15-. The van der Waals surface area contributed by atoms with Gasteiger partial charge in [-0.2, -0.15) is 0 Å². The van der Waals surface area contributed by atoms with Crippen molar-refractivity contribution in [2.75, 3.05) is 20.3 Å². The summed E-state index contributed by atoms with van der Waals surface area (Å²) in [6.45, 7) is 6.57. The average Bonchev–Trinajstić information content (AvgIpc) is 3.20. The van der Waals surface area contributed by atoms with Crippen LogP contribution in [0.5, 0.6) is 17.2 Å². The van der Waals surface area contributed by atoms with E-state index < -0.39 is 5.41 Å². The number of methoxy groups -OCH3 is 1. The molecule has 0 radical (unpaired) electrons. The lowest BCUT2D eigenvalue weighted by atomic mass is 9.49. The van der Waals surface area contributed by atoms with Crippen LogP contribution in [-0.2, 0) is 9.59 Å². The van der Waals surface area contributed by atoms with Gasteiger partial charge in [-0.25, -0.2) is 0 Å². The van der Waals surface area contributed by atoms with E-state index in [0.717, 1.165) is 47.9 Å².